The van der Waals surface area contributed by atoms with Crippen molar-refractivity contribution in [2.45, 2.75) is 39.8 Å². The summed E-state index contributed by atoms with van der Waals surface area (Å²) >= 11 is 0.778. The van der Waals surface area contributed by atoms with Gasteiger partial charge in [0, 0.05) is 12.1 Å². The molecular weight excluding hydrogens is 368 g/mol. The number of aromatic hydroxyl groups is 1. The normalized spacial score (nSPS) is 16.0. The molecule has 1 saturated heterocycles. The molecule has 0 bridgehead atoms. The van der Waals surface area contributed by atoms with E-state index >= 15 is 0 Å². The highest BCUT2D eigenvalue weighted by Crippen LogP contribution is 2.34. The largest absolute Gasteiger partial charge is 0.504 e. The van der Waals surface area contributed by atoms with E-state index in [4.69, 9.17) is 4.74 Å². The molecule has 0 spiro atoms. The number of imide groups is 1. The Morgan fingerprint density at radius 2 is 1.89 bits per heavy atom. The van der Waals surface area contributed by atoms with Crippen molar-refractivity contribution in [2.75, 3.05) is 13.7 Å². The molecule has 0 unspecified atom stereocenters. The second-order valence-electron chi connectivity index (χ2n) is 6.69. The minimum atomic E-state index is -0.513. The first-order chi connectivity index (χ1) is 12.6. The molecule has 1 heterocycles. The highest BCUT2D eigenvalue weighted by molar-refractivity contribution is 8.18. The molecule has 1 aromatic rings. The molecule has 1 aliphatic heterocycles. The number of rotatable bonds is 6. The second kappa shape index (κ2) is 8.47. The van der Waals surface area contributed by atoms with E-state index in [1.807, 2.05) is 27.7 Å². The number of hydrogen-bond acceptors (Lipinski definition) is 6. The summed E-state index contributed by atoms with van der Waals surface area (Å²) in [6.45, 7) is 7.28. The smallest absolute Gasteiger partial charge is 0.294 e. The van der Waals surface area contributed by atoms with Gasteiger partial charge in [0.25, 0.3) is 11.1 Å². The lowest BCUT2D eigenvalue weighted by atomic mass is 10.2. The summed E-state index contributed by atoms with van der Waals surface area (Å²) in [4.78, 5) is 40.2. The Balaban J connectivity index is 2.19. The van der Waals surface area contributed by atoms with Crippen LogP contribution in [0.15, 0.2) is 23.1 Å². The molecular formula is C19H24N2O5S. The Kier molecular flexibility index (Phi) is 6.54. The van der Waals surface area contributed by atoms with Crippen LogP contribution in [0.2, 0.25) is 0 Å². The summed E-state index contributed by atoms with van der Waals surface area (Å²) in [5.41, 5.74) is 0.552. The number of amides is 3. The molecule has 2 rings (SSSR count). The third kappa shape index (κ3) is 4.63. The molecule has 0 radical (unpaired) electrons. The monoisotopic (exact) mass is 392 g/mol. The lowest BCUT2D eigenvalue weighted by Crippen LogP contribution is -2.48. The van der Waals surface area contributed by atoms with Crippen LogP contribution >= 0.6 is 11.8 Å². The van der Waals surface area contributed by atoms with Gasteiger partial charge in [0.2, 0.25) is 5.91 Å². The summed E-state index contributed by atoms with van der Waals surface area (Å²) in [5.74, 6) is -0.537. The van der Waals surface area contributed by atoms with E-state index in [1.54, 1.807) is 17.0 Å². The van der Waals surface area contributed by atoms with Crippen molar-refractivity contribution < 1.29 is 24.2 Å². The van der Waals surface area contributed by atoms with Crippen LogP contribution in [0.3, 0.4) is 0 Å². The Morgan fingerprint density at radius 1 is 1.26 bits per heavy atom. The maximum absolute atomic E-state index is 12.6. The summed E-state index contributed by atoms with van der Waals surface area (Å²) < 4.78 is 4.98. The maximum Gasteiger partial charge on any atom is 0.294 e. The first-order valence-electron chi connectivity index (χ1n) is 8.59. The zero-order valence-electron chi connectivity index (χ0n) is 16.1. The molecule has 1 aliphatic rings. The van der Waals surface area contributed by atoms with Gasteiger partial charge in [-0.3, -0.25) is 19.3 Å². The van der Waals surface area contributed by atoms with E-state index in [-0.39, 0.29) is 35.2 Å². The van der Waals surface area contributed by atoms with Gasteiger partial charge in [-0.2, -0.15) is 0 Å². The van der Waals surface area contributed by atoms with Crippen molar-refractivity contribution in [3.05, 3.63) is 28.7 Å². The number of nitrogens with zero attached hydrogens (tertiary/aromatic N) is 2. The van der Waals surface area contributed by atoms with Crippen LogP contribution < -0.4 is 4.74 Å². The van der Waals surface area contributed by atoms with Crippen molar-refractivity contribution in [1.29, 1.82) is 0 Å². The molecule has 8 heteroatoms. The zero-order chi connectivity index (χ0) is 20.3. The topological polar surface area (TPSA) is 87.2 Å². The van der Waals surface area contributed by atoms with Crippen molar-refractivity contribution >= 4 is 34.9 Å². The summed E-state index contributed by atoms with van der Waals surface area (Å²) in [6.07, 6.45) is 1.51. The molecule has 1 fully saturated rings. The van der Waals surface area contributed by atoms with E-state index < -0.39 is 11.1 Å². The zero-order valence-corrected chi connectivity index (χ0v) is 16.9. The number of ether oxygens (including phenoxy) is 1. The van der Waals surface area contributed by atoms with Gasteiger partial charge in [0.15, 0.2) is 11.5 Å². The van der Waals surface area contributed by atoms with Crippen LogP contribution in [0.1, 0.15) is 33.3 Å². The average molecular weight is 392 g/mol. The molecule has 0 aliphatic carbocycles. The SMILES string of the molecule is COc1ccc(/C=C2\SC(=O)N(CC(=O)N(C(C)C)C(C)C)C2=O)cc1O. The number of phenols is 1. The Bertz CT molecular complexity index is 780. The van der Waals surface area contributed by atoms with Crippen LogP contribution in [-0.2, 0) is 9.59 Å². The average Bonchev–Trinajstić information content (AvgIpc) is 2.82. The highest BCUT2D eigenvalue weighted by Gasteiger charge is 2.37. The van der Waals surface area contributed by atoms with Crippen molar-refractivity contribution in [1.82, 2.24) is 9.80 Å². The minimum absolute atomic E-state index is 0.0322. The summed E-state index contributed by atoms with van der Waals surface area (Å²) in [6, 6.07) is 4.61. The van der Waals surface area contributed by atoms with E-state index in [2.05, 4.69) is 0 Å². The van der Waals surface area contributed by atoms with Gasteiger partial charge in [-0.15, -0.1) is 0 Å². The van der Waals surface area contributed by atoms with E-state index in [0.29, 0.717) is 11.3 Å². The van der Waals surface area contributed by atoms with Crippen LogP contribution in [0.25, 0.3) is 6.08 Å². The fourth-order valence-corrected chi connectivity index (χ4v) is 3.81. The number of hydrogen-bond donors (Lipinski definition) is 1. The molecule has 0 aromatic heterocycles. The van der Waals surface area contributed by atoms with Gasteiger partial charge in [-0.05, 0) is 63.2 Å². The number of methoxy groups -OCH3 is 1. The summed E-state index contributed by atoms with van der Waals surface area (Å²) in [7, 11) is 1.44. The predicted molar refractivity (Wildman–Crippen MR) is 104 cm³/mol. The lowest BCUT2D eigenvalue weighted by molar-refractivity contribution is -0.138. The van der Waals surface area contributed by atoms with Gasteiger partial charge in [0.05, 0.1) is 12.0 Å². The second-order valence-corrected chi connectivity index (χ2v) is 7.68. The first-order valence-corrected chi connectivity index (χ1v) is 9.40. The molecule has 1 N–H and O–H groups in total. The minimum Gasteiger partial charge on any atom is -0.504 e. The van der Waals surface area contributed by atoms with E-state index in [0.717, 1.165) is 16.7 Å². The van der Waals surface area contributed by atoms with Gasteiger partial charge >= 0.3 is 0 Å². The van der Waals surface area contributed by atoms with Crippen molar-refractivity contribution in [3.8, 4) is 11.5 Å². The Morgan fingerprint density at radius 3 is 2.41 bits per heavy atom. The molecule has 27 heavy (non-hydrogen) atoms. The maximum atomic E-state index is 12.6. The molecule has 7 nitrogen and oxygen atoms in total. The Labute approximate surface area is 163 Å². The quantitative estimate of drug-likeness (QED) is 0.749. The molecule has 146 valence electrons. The van der Waals surface area contributed by atoms with Crippen molar-refractivity contribution in [3.63, 3.8) is 0 Å². The Hall–Kier alpha value is -2.48. The summed E-state index contributed by atoms with van der Waals surface area (Å²) in [5, 5.41) is 9.36. The van der Waals surface area contributed by atoms with Crippen LogP contribution in [0.4, 0.5) is 4.79 Å². The number of carbonyl (C=O) groups is 3. The van der Waals surface area contributed by atoms with Crippen molar-refractivity contribution in [2.24, 2.45) is 0 Å². The molecule has 3 amide bonds. The van der Waals surface area contributed by atoms with Gasteiger partial charge in [-0.25, -0.2) is 0 Å². The van der Waals surface area contributed by atoms with Crippen LogP contribution in [-0.4, -0.2) is 57.7 Å². The third-order valence-corrected chi connectivity index (χ3v) is 4.98. The lowest BCUT2D eigenvalue weighted by Gasteiger charge is -2.31. The standard InChI is InChI=1S/C19H24N2O5S/c1-11(2)21(12(3)4)17(23)10-20-18(24)16(27-19(20)25)9-13-6-7-15(26-5)14(22)8-13/h6-9,11-12,22H,10H2,1-5H3/b16-9-. The van der Waals surface area contributed by atoms with Gasteiger partial charge < -0.3 is 14.7 Å². The predicted octanol–water partition coefficient (Wildman–Crippen LogP) is 3.08. The number of phenolic OH excluding ortho intramolecular Hbond substituents is 1. The molecule has 0 atom stereocenters. The molecule has 1 aromatic carbocycles. The third-order valence-electron chi connectivity index (χ3n) is 4.07. The number of carbonyl (C=O) groups excluding carboxylic acids is 3. The fourth-order valence-electron chi connectivity index (χ4n) is 2.97. The fraction of sp³-hybridized carbons (Fsp3) is 0.421. The number of benzene rings is 1. The molecule has 0 saturated carbocycles. The van der Waals surface area contributed by atoms with Gasteiger partial charge in [0.1, 0.15) is 6.54 Å². The van der Waals surface area contributed by atoms with E-state index in [9.17, 15) is 19.5 Å². The van der Waals surface area contributed by atoms with Gasteiger partial charge in [-0.1, -0.05) is 6.07 Å². The highest BCUT2D eigenvalue weighted by atomic mass is 32.2. The van der Waals surface area contributed by atoms with E-state index in [1.165, 1.54) is 19.3 Å². The van der Waals surface area contributed by atoms with Crippen LogP contribution in [0, 0.1) is 0 Å². The van der Waals surface area contributed by atoms with Crippen LogP contribution in [0.5, 0.6) is 11.5 Å². The number of thioether (sulfide) groups is 1. The first kappa shape index (κ1) is 20.8.